The van der Waals surface area contributed by atoms with E-state index in [1.165, 1.54) is 5.57 Å². The SMILES string of the molecule is Cc1nn(C)c2c1C1=C(C(=O)CC(C)(C)C1)[C@@H](c1ccc(N(C)C)cc1)N2. The minimum Gasteiger partial charge on any atom is -0.378 e. The van der Waals surface area contributed by atoms with Gasteiger partial charge in [-0.2, -0.15) is 5.10 Å². The second kappa shape index (κ2) is 5.98. The van der Waals surface area contributed by atoms with E-state index in [0.29, 0.717) is 6.42 Å². The zero-order chi connectivity index (χ0) is 19.5. The van der Waals surface area contributed by atoms with Gasteiger partial charge in [0.25, 0.3) is 0 Å². The zero-order valence-corrected chi connectivity index (χ0v) is 17.1. The van der Waals surface area contributed by atoms with Crippen molar-refractivity contribution in [3.63, 3.8) is 0 Å². The lowest BCUT2D eigenvalue weighted by atomic mass is 9.68. The fraction of sp³-hybridized carbons (Fsp3) is 0.455. The fourth-order valence-electron chi connectivity index (χ4n) is 4.50. The number of allylic oxidation sites excluding steroid dienone is 1. The summed E-state index contributed by atoms with van der Waals surface area (Å²) in [4.78, 5) is 15.3. The Morgan fingerprint density at radius 3 is 2.48 bits per heavy atom. The number of nitrogens with one attached hydrogen (secondary N) is 1. The Hall–Kier alpha value is -2.56. The summed E-state index contributed by atoms with van der Waals surface area (Å²) in [7, 11) is 6.03. The molecule has 1 aromatic heterocycles. The lowest BCUT2D eigenvalue weighted by Gasteiger charge is -2.39. The molecule has 1 atom stereocenters. The Morgan fingerprint density at radius 1 is 1.19 bits per heavy atom. The molecule has 5 heteroatoms. The van der Waals surface area contributed by atoms with Gasteiger partial charge in [0, 0.05) is 44.4 Å². The van der Waals surface area contributed by atoms with Crippen LogP contribution in [0.25, 0.3) is 5.57 Å². The number of rotatable bonds is 2. The first kappa shape index (κ1) is 17.8. The van der Waals surface area contributed by atoms with Crippen molar-refractivity contribution < 1.29 is 4.79 Å². The van der Waals surface area contributed by atoms with Crippen LogP contribution in [0.3, 0.4) is 0 Å². The van der Waals surface area contributed by atoms with Crippen LogP contribution in [-0.4, -0.2) is 29.7 Å². The molecule has 0 spiro atoms. The average molecular weight is 364 g/mol. The van der Waals surface area contributed by atoms with Crippen molar-refractivity contribution in [1.29, 1.82) is 0 Å². The fourth-order valence-corrected chi connectivity index (χ4v) is 4.50. The van der Waals surface area contributed by atoms with Crippen LogP contribution in [-0.2, 0) is 11.8 Å². The smallest absolute Gasteiger partial charge is 0.162 e. The normalized spacial score (nSPS) is 20.8. The van der Waals surface area contributed by atoms with Crippen molar-refractivity contribution in [2.75, 3.05) is 24.3 Å². The van der Waals surface area contributed by atoms with Crippen molar-refractivity contribution in [1.82, 2.24) is 9.78 Å². The van der Waals surface area contributed by atoms with Gasteiger partial charge in [0.05, 0.1) is 11.7 Å². The molecule has 5 nitrogen and oxygen atoms in total. The molecular formula is C22H28N4O. The number of aromatic nitrogens is 2. The molecule has 0 radical (unpaired) electrons. The van der Waals surface area contributed by atoms with E-state index < -0.39 is 0 Å². The van der Waals surface area contributed by atoms with Gasteiger partial charge in [-0.05, 0) is 42.0 Å². The number of nitrogens with zero attached hydrogens (tertiary/aromatic N) is 3. The minimum absolute atomic E-state index is 0.0217. The lowest BCUT2D eigenvalue weighted by Crippen LogP contribution is -2.33. The van der Waals surface area contributed by atoms with Crippen LogP contribution in [0.15, 0.2) is 29.8 Å². The van der Waals surface area contributed by atoms with E-state index in [-0.39, 0.29) is 17.2 Å². The van der Waals surface area contributed by atoms with E-state index in [2.05, 4.69) is 53.4 Å². The summed E-state index contributed by atoms with van der Waals surface area (Å²) in [5.74, 6) is 1.27. The monoisotopic (exact) mass is 364 g/mol. The maximum Gasteiger partial charge on any atom is 0.162 e. The van der Waals surface area contributed by atoms with E-state index in [1.807, 2.05) is 32.7 Å². The molecule has 0 unspecified atom stereocenters. The number of benzene rings is 1. The minimum atomic E-state index is -0.123. The van der Waals surface area contributed by atoms with Gasteiger partial charge in [0.1, 0.15) is 5.82 Å². The summed E-state index contributed by atoms with van der Waals surface area (Å²) in [6, 6.07) is 8.34. The molecule has 4 rings (SSSR count). The molecule has 27 heavy (non-hydrogen) atoms. The first-order valence-electron chi connectivity index (χ1n) is 9.52. The summed E-state index contributed by atoms with van der Waals surface area (Å²) in [5, 5.41) is 8.24. The number of aryl methyl sites for hydroxylation is 2. The van der Waals surface area contributed by atoms with Crippen LogP contribution in [0.1, 0.15) is 49.6 Å². The van der Waals surface area contributed by atoms with Crippen molar-refractivity contribution in [2.45, 2.75) is 39.7 Å². The topological polar surface area (TPSA) is 50.2 Å². The largest absolute Gasteiger partial charge is 0.378 e. The van der Waals surface area contributed by atoms with Gasteiger partial charge in [0.2, 0.25) is 0 Å². The number of Topliss-reactive ketones (excluding diaryl/α,β-unsaturated/α-hetero) is 1. The number of fused-ring (bicyclic) bond motifs is 2. The maximum absolute atomic E-state index is 13.2. The predicted octanol–water partition coefficient (Wildman–Crippen LogP) is 4.10. The van der Waals surface area contributed by atoms with Gasteiger partial charge in [-0.15, -0.1) is 0 Å². The van der Waals surface area contributed by atoms with Crippen molar-refractivity contribution in [3.05, 3.63) is 46.7 Å². The van der Waals surface area contributed by atoms with Gasteiger partial charge < -0.3 is 10.2 Å². The standard InChI is InChI=1S/C22H28N4O/c1-13-18-16-11-22(2,3)12-17(27)19(16)20(23-21(18)26(6)24-13)14-7-9-15(10-8-14)25(4)5/h7-10,20,23H,11-12H2,1-6H3/t20-/m1/s1. The number of carbonyl (C=O) groups excluding carboxylic acids is 1. The van der Waals surface area contributed by atoms with Crippen molar-refractivity contribution >= 4 is 22.9 Å². The van der Waals surface area contributed by atoms with Crippen LogP contribution < -0.4 is 10.2 Å². The van der Waals surface area contributed by atoms with E-state index >= 15 is 0 Å². The molecule has 2 aliphatic rings. The summed E-state index contributed by atoms with van der Waals surface area (Å²) in [6.45, 7) is 6.40. The Labute approximate surface area is 161 Å². The van der Waals surface area contributed by atoms with E-state index in [0.717, 1.165) is 40.3 Å². The van der Waals surface area contributed by atoms with Gasteiger partial charge in [-0.3, -0.25) is 9.48 Å². The molecular weight excluding hydrogens is 336 g/mol. The van der Waals surface area contributed by atoms with Crippen LogP contribution in [0, 0.1) is 12.3 Å². The maximum atomic E-state index is 13.2. The molecule has 0 saturated carbocycles. The highest BCUT2D eigenvalue weighted by atomic mass is 16.1. The molecule has 0 bridgehead atoms. The van der Waals surface area contributed by atoms with Gasteiger partial charge in [-0.1, -0.05) is 26.0 Å². The molecule has 1 aliphatic heterocycles. The number of ketones is 1. The molecule has 0 saturated heterocycles. The van der Waals surface area contributed by atoms with Crippen LogP contribution in [0.5, 0.6) is 0 Å². The molecule has 2 aromatic rings. The zero-order valence-electron chi connectivity index (χ0n) is 17.1. The Bertz CT molecular complexity index is 947. The second-order valence-electron chi connectivity index (χ2n) is 8.83. The van der Waals surface area contributed by atoms with Gasteiger partial charge >= 0.3 is 0 Å². The molecule has 2 heterocycles. The average Bonchev–Trinajstić information content (AvgIpc) is 2.87. The van der Waals surface area contributed by atoms with Crippen LogP contribution in [0.2, 0.25) is 0 Å². The third-order valence-electron chi connectivity index (χ3n) is 5.76. The number of carbonyl (C=O) groups is 1. The first-order chi connectivity index (χ1) is 12.7. The van der Waals surface area contributed by atoms with Gasteiger partial charge in [0.15, 0.2) is 5.78 Å². The summed E-state index contributed by atoms with van der Waals surface area (Å²) < 4.78 is 1.90. The highest BCUT2D eigenvalue weighted by molar-refractivity contribution is 6.08. The number of anilines is 2. The molecule has 142 valence electrons. The van der Waals surface area contributed by atoms with E-state index in [4.69, 9.17) is 0 Å². The number of hydrogen-bond acceptors (Lipinski definition) is 4. The second-order valence-corrected chi connectivity index (χ2v) is 8.83. The number of hydrogen-bond donors (Lipinski definition) is 1. The highest BCUT2D eigenvalue weighted by Gasteiger charge is 2.42. The third-order valence-corrected chi connectivity index (χ3v) is 5.76. The van der Waals surface area contributed by atoms with E-state index in [9.17, 15) is 4.79 Å². The predicted molar refractivity (Wildman–Crippen MR) is 110 cm³/mol. The van der Waals surface area contributed by atoms with Gasteiger partial charge in [-0.25, -0.2) is 0 Å². The third kappa shape index (κ3) is 2.85. The van der Waals surface area contributed by atoms with E-state index in [1.54, 1.807) is 0 Å². The Balaban J connectivity index is 1.89. The first-order valence-corrected chi connectivity index (χ1v) is 9.52. The summed E-state index contributed by atoms with van der Waals surface area (Å²) >= 11 is 0. The Kier molecular flexibility index (Phi) is 3.95. The van der Waals surface area contributed by atoms with Crippen LogP contribution in [0.4, 0.5) is 11.5 Å². The molecule has 0 amide bonds. The molecule has 1 aliphatic carbocycles. The van der Waals surface area contributed by atoms with Crippen molar-refractivity contribution in [3.8, 4) is 0 Å². The lowest BCUT2D eigenvalue weighted by molar-refractivity contribution is -0.118. The Morgan fingerprint density at radius 2 is 1.85 bits per heavy atom. The molecule has 0 fully saturated rings. The quantitative estimate of drug-likeness (QED) is 0.871. The summed E-state index contributed by atoms with van der Waals surface area (Å²) in [5.41, 5.74) is 6.45. The summed E-state index contributed by atoms with van der Waals surface area (Å²) in [6.07, 6.45) is 1.50. The molecule has 1 aromatic carbocycles. The molecule has 1 N–H and O–H groups in total. The highest BCUT2D eigenvalue weighted by Crippen LogP contribution is 2.51. The van der Waals surface area contributed by atoms with Crippen LogP contribution >= 0.6 is 0 Å². The van der Waals surface area contributed by atoms with Crippen molar-refractivity contribution in [2.24, 2.45) is 12.5 Å².